The second-order valence-corrected chi connectivity index (χ2v) is 7.71. The number of fused-ring (bicyclic) bond motifs is 1. The number of amides is 1. The number of halogens is 1. The van der Waals surface area contributed by atoms with E-state index in [-0.39, 0.29) is 16.4 Å². The summed E-state index contributed by atoms with van der Waals surface area (Å²) in [5.74, 6) is -1.17. The van der Waals surface area contributed by atoms with Gasteiger partial charge >= 0.3 is 5.97 Å². The molecule has 0 atom stereocenters. The standard InChI is InChI=1S/C18H17ClN2O5S/c19-13-7-6-12(21(24)25)9-14(13)20-17(22)10-26-18(23)16-8-11-4-2-1-3-5-15(11)27-16/h6-9H,1-5,10H2,(H,20,22). The van der Waals surface area contributed by atoms with Crippen LogP contribution in [0.15, 0.2) is 24.3 Å². The molecule has 9 heteroatoms. The minimum absolute atomic E-state index is 0.0924. The Morgan fingerprint density at radius 1 is 1.22 bits per heavy atom. The number of nitro groups is 1. The van der Waals surface area contributed by atoms with Gasteiger partial charge in [-0.3, -0.25) is 14.9 Å². The number of benzene rings is 1. The lowest BCUT2D eigenvalue weighted by Crippen LogP contribution is -2.20. The first-order valence-corrected chi connectivity index (χ1v) is 9.66. The van der Waals surface area contributed by atoms with Crippen LogP contribution in [0.2, 0.25) is 5.02 Å². The maximum absolute atomic E-state index is 12.2. The zero-order valence-corrected chi connectivity index (χ0v) is 15.9. The molecule has 1 aromatic carbocycles. The van der Waals surface area contributed by atoms with E-state index in [1.54, 1.807) is 0 Å². The Morgan fingerprint density at radius 3 is 2.78 bits per heavy atom. The van der Waals surface area contributed by atoms with Crippen LogP contribution in [-0.4, -0.2) is 23.4 Å². The number of nitro benzene ring substituents is 1. The maximum Gasteiger partial charge on any atom is 0.348 e. The number of rotatable bonds is 5. The summed E-state index contributed by atoms with van der Waals surface area (Å²) in [7, 11) is 0. The molecule has 1 aliphatic carbocycles. The number of anilines is 1. The van der Waals surface area contributed by atoms with Crippen LogP contribution in [0, 0.1) is 10.1 Å². The van der Waals surface area contributed by atoms with Crippen LogP contribution in [0.5, 0.6) is 0 Å². The third-order valence-corrected chi connectivity index (χ3v) is 5.76. The predicted molar refractivity (Wildman–Crippen MR) is 103 cm³/mol. The van der Waals surface area contributed by atoms with Crippen molar-refractivity contribution in [1.82, 2.24) is 0 Å². The van der Waals surface area contributed by atoms with Crippen molar-refractivity contribution < 1.29 is 19.2 Å². The van der Waals surface area contributed by atoms with E-state index in [0.717, 1.165) is 31.7 Å². The summed E-state index contributed by atoms with van der Waals surface area (Å²) < 4.78 is 5.07. The van der Waals surface area contributed by atoms with Crippen LogP contribution >= 0.6 is 22.9 Å². The third kappa shape index (κ3) is 4.84. The molecule has 3 rings (SSSR count). The van der Waals surface area contributed by atoms with Crippen LogP contribution in [0.25, 0.3) is 0 Å². The molecule has 0 saturated carbocycles. The molecule has 1 aromatic heterocycles. The Hall–Kier alpha value is -2.45. The van der Waals surface area contributed by atoms with Gasteiger partial charge in [-0.05, 0) is 43.4 Å². The molecule has 0 fully saturated rings. The number of thiophene rings is 1. The monoisotopic (exact) mass is 408 g/mol. The van der Waals surface area contributed by atoms with Gasteiger partial charge < -0.3 is 10.1 Å². The predicted octanol–water partition coefficient (Wildman–Crippen LogP) is 4.37. The van der Waals surface area contributed by atoms with Gasteiger partial charge in [0.1, 0.15) is 4.88 Å². The highest BCUT2D eigenvalue weighted by molar-refractivity contribution is 7.14. The van der Waals surface area contributed by atoms with Gasteiger partial charge in [-0.1, -0.05) is 18.0 Å². The maximum atomic E-state index is 12.2. The summed E-state index contributed by atoms with van der Waals surface area (Å²) >= 11 is 7.35. The second-order valence-electron chi connectivity index (χ2n) is 6.17. The van der Waals surface area contributed by atoms with Gasteiger partial charge in [0.25, 0.3) is 11.6 Å². The number of ether oxygens (including phenoxy) is 1. The molecule has 2 aromatic rings. The van der Waals surface area contributed by atoms with Crippen LogP contribution in [0.3, 0.4) is 0 Å². The number of esters is 1. The summed E-state index contributed by atoms with van der Waals surface area (Å²) in [6, 6.07) is 5.56. The Kier molecular flexibility index (Phi) is 6.08. The molecule has 0 radical (unpaired) electrons. The number of carbonyl (C=O) groups excluding carboxylic acids is 2. The molecular weight excluding hydrogens is 392 g/mol. The molecule has 0 aliphatic heterocycles. The fourth-order valence-corrected chi connectivity index (χ4v) is 4.19. The second kappa shape index (κ2) is 8.49. The number of carbonyl (C=O) groups is 2. The third-order valence-electron chi connectivity index (χ3n) is 4.22. The number of hydrogen-bond acceptors (Lipinski definition) is 6. The largest absolute Gasteiger partial charge is 0.451 e. The van der Waals surface area contributed by atoms with Gasteiger partial charge in [0.15, 0.2) is 6.61 Å². The average molecular weight is 409 g/mol. The minimum atomic E-state index is -0.621. The summed E-state index contributed by atoms with van der Waals surface area (Å²) in [5, 5.41) is 13.4. The molecule has 1 heterocycles. The Balaban J connectivity index is 1.58. The quantitative estimate of drug-likeness (QED) is 0.342. The normalized spacial score (nSPS) is 13.4. The lowest BCUT2D eigenvalue weighted by atomic mass is 10.1. The van der Waals surface area contributed by atoms with E-state index in [0.29, 0.717) is 4.88 Å². The molecular formula is C18H17ClN2O5S. The number of aryl methyl sites for hydroxylation is 2. The van der Waals surface area contributed by atoms with Crippen LogP contribution in [0.1, 0.15) is 39.4 Å². The Labute approximate surface area is 164 Å². The average Bonchev–Trinajstić information content (AvgIpc) is 2.92. The fourth-order valence-electron chi connectivity index (χ4n) is 2.88. The molecule has 0 saturated heterocycles. The van der Waals surface area contributed by atoms with E-state index in [4.69, 9.17) is 16.3 Å². The van der Waals surface area contributed by atoms with Crippen molar-refractivity contribution in [3.63, 3.8) is 0 Å². The first-order valence-electron chi connectivity index (χ1n) is 8.46. The first kappa shape index (κ1) is 19.3. The molecule has 0 spiro atoms. The fraction of sp³-hybridized carbons (Fsp3) is 0.333. The molecule has 142 valence electrons. The van der Waals surface area contributed by atoms with Crippen LogP contribution < -0.4 is 5.32 Å². The summed E-state index contributed by atoms with van der Waals surface area (Å²) in [5.41, 5.74) is 1.08. The molecule has 1 amide bonds. The lowest BCUT2D eigenvalue weighted by Gasteiger charge is -2.07. The highest BCUT2D eigenvalue weighted by atomic mass is 35.5. The zero-order chi connectivity index (χ0) is 19.4. The Bertz CT molecular complexity index is 872. The molecule has 1 aliphatic rings. The zero-order valence-electron chi connectivity index (χ0n) is 14.3. The number of nitrogens with zero attached hydrogens (tertiary/aromatic N) is 1. The minimum Gasteiger partial charge on any atom is -0.451 e. The van der Waals surface area contributed by atoms with Gasteiger partial charge in [0.05, 0.1) is 15.6 Å². The summed E-state index contributed by atoms with van der Waals surface area (Å²) in [6.45, 7) is -0.500. The summed E-state index contributed by atoms with van der Waals surface area (Å²) in [4.78, 5) is 36.1. The van der Waals surface area contributed by atoms with Crippen molar-refractivity contribution in [2.45, 2.75) is 32.1 Å². The topological polar surface area (TPSA) is 98.5 Å². The smallest absolute Gasteiger partial charge is 0.348 e. The van der Waals surface area contributed by atoms with Crippen molar-refractivity contribution in [2.75, 3.05) is 11.9 Å². The van der Waals surface area contributed by atoms with E-state index in [2.05, 4.69) is 5.32 Å². The van der Waals surface area contributed by atoms with E-state index in [1.165, 1.54) is 40.3 Å². The van der Waals surface area contributed by atoms with Crippen LogP contribution in [0.4, 0.5) is 11.4 Å². The molecule has 1 N–H and O–H groups in total. The van der Waals surface area contributed by atoms with Crippen molar-refractivity contribution >= 4 is 46.2 Å². The van der Waals surface area contributed by atoms with E-state index >= 15 is 0 Å². The van der Waals surface area contributed by atoms with Crippen molar-refractivity contribution in [1.29, 1.82) is 0 Å². The lowest BCUT2D eigenvalue weighted by molar-refractivity contribution is -0.384. The molecule has 0 unspecified atom stereocenters. The van der Waals surface area contributed by atoms with Crippen molar-refractivity contribution in [3.8, 4) is 0 Å². The first-order chi connectivity index (χ1) is 12.9. The molecule has 0 bridgehead atoms. The van der Waals surface area contributed by atoms with Gasteiger partial charge in [-0.15, -0.1) is 11.3 Å². The van der Waals surface area contributed by atoms with E-state index < -0.39 is 23.4 Å². The highest BCUT2D eigenvalue weighted by Gasteiger charge is 2.19. The van der Waals surface area contributed by atoms with Gasteiger partial charge in [0, 0.05) is 17.0 Å². The van der Waals surface area contributed by atoms with Gasteiger partial charge in [0.2, 0.25) is 0 Å². The number of non-ortho nitro benzene ring substituents is 1. The SMILES string of the molecule is O=C(COC(=O)c1cc2c(s1)CCCCC2)Nc1cc([N+](=O)[O-])ccc1Cl. The van der Waals surface area contributed by atoms with Crippen molar-refractivity contribution in [3.05, 3.63) is 54.7 Å². The summed E-state index contributed by atoms with van der Waals surface area (Å²) in [6.07, 6.45) is 5.37. The molecule has 7 nitrogen and oxygen atoms in total. The number of nitrogens with one attached hydrogen (secondary N) is 1. The van der Waals surface area contributed by atoms with Gasteiger partial charge in [-0.25, -0.2) is 4.79 Å². The van der Waals surface area contributed by atoms with Crippen LogP contribution in [-0.2, 0) is 22.4 Å². The Morgan fingerprint density at radius 2 is 2.00 bits per heavy atom. The highest BCUT2D eigenvalue weighted by Crippen LogP contribution is 2.29. The van der Waals surface area contributed by atoms with Gasteiger partial charge in [-0.2, -0.15) is 0 Å². The van der Waals surface area contributed by atoms with E-state index in [1.807, 2.05) is 6.07 Å². The van der Waals surface area contributed by atoms with Crippen molar-refractivity contribution in [2.24, 2.45) is 0 Å². The van der Waals surface area contributed by atoms with E-state index in [9.17, 15) is 19.7 Å². The number of hydrogen-bond donors (Lipinski definition) is 1. The molecule has 27 heavy (non-hydrogen) atoms.